The number of nitrogens with zero attached hydrogens (tertiary/aromatic N) is 4. The van der Waals surface area contributed by atoms with E-state index in [1.807, 2.05) is 18.3 Å². The molecule has 43 heavy (non-hydrogen) atoms. The molecule has 9 rings (SSSR count). The van der Waals surface area contributed by atoms with Crippen molar-refractivity contribution >= 4 is 38.9 Å². The van der Waals surface area contributed by atoms with Gasteiger partial charge >= 0.3 is 0 Å². The van der Waals surface area contributed by atoms with Crippen molar-refractivity contribution in [3.8, 4) is 17.3 Å². The second kappa shape index (κ2) is 8.79. The summed E-state index contributed by atoms with van der Waals surface area (Å²) in [4.78, 5) is 4.69. The van der Waals surface area contributed by atoms with Crippen LogP contribution in [0.5, 0.6) is 11.5 Å². The SMILES string of the molecule is Cc1cc2c(cc1C)[N@@+]1(C)[CH-][N@+]2(c2cc(Oc3ccc4c5ccccc5n(-c5ccccn5)c4c3)cc(C(C)(C)C)c2)C1. The summed E-state index contributed by atoms with van der Waals surface area (Å²) in [5, 5.41) is 2.39. The highest BCUT2D eigenvalue weighted by molar-refractivity contribution is 6.09. The number of ether oxygens (including phenoxy) is 1. The first-order chi connectivity index (χ1) is 20.6. The number of quaternary nitrogens is 2. The van der Waals surface area contributed by atoms with E-state index in [9.17, 15) is 0 Å². The Hall–Kier alpha value is -4.45. The van der Waals surface area contributed by atoms with Crippen LogP contribution < -0.4 is 13.7 Å². The molecule has 5 nitrogen and oxygen atoms in total. The fraction of sp³-hybridized carbons (Fsp3) is 0.211. The van der Waals surface area contributed by atoms with Crippen LogP contribution in [0.4, 0.5) is 17.1 Å². The van der Waals surface area contributed by atoms with Crippen molar-refractivity contribution in [2.75, 3.05) is 13.7 Å². The first-order valence-corrected chi connectivity index (χ1v) is 15.1. The van der Waals surface area contributed by atoms with Crippen LogP contribution in [-0.4, -0.2) is 23.3 Å². The normalized spacial score (nSPS) is 20.8. The topological polar surface area (TPSA) is 27.1 Å². The van der Waals surface area contributed by atoms with Crippen molar-refractivity contribution in [3.05, 3.63) is 121 Å². The molecule has 5 heteroatoms. The van der Waals surface area contributed by atoms with Gasteiger partial charge in [0, 0.05) is 47.3 Å². The number of aryl methyl sites for hydroxylation is 2. The van der Waals surface area contributed by atoms with Crippen LogP contribution in [-0.2, 0) is 5.41 Å². The summed E-state index contributed by atoms with van der Waals surface area (Å²) in [7, 11) is 2.32. The fourth-order valence-electron chi connectivity index (χ4n) is 7.14. The number of para-hydroxylation sites is 1. The fourth-order valence-corrected chi connectivity index (χ4v) is 7.14. The van der Waals surface area contributed by atoms with Gasteiger partial charge in [-0.2, -0.15) is 0 Å². The number of hydrogen-bond donors (Lipinski definition) is 0. The Morgan fingerprint density at radius 3 is 2.23 bits per heavy atom. The summed E-state index contributed by atoms with van der Waals surface area (Å²) in [6, 6.07) is 32.6. The molecule has 0 amide bonds. The Morgan fingerprint density at radius 2 is 1.49 bits per heavy atom. The number of aromatic nitrogens is 2. The van der Waals surface area contributed by atoms with Gasteiger partial charge in [0.05, 0.1) is 24.7 Å². The number of fused-ring (bicyclic) bond motifs is 3. The lowest BCUT2D eigenvalue weighted by Crippen LogP contribution is -2.68. The van der Waals surface area contributed by atoms with Crippen molar-refractivity contribution < 1.29 is 4.74 Å². The molecule has 0 spiro atoms. The maximum atomic E-state index is 6.76. The molecule has 2 atom stereocenters. The van der Waals surface area contributed by atoms with Crippen LogP contribution in [0.15, 0.2) is 97.2 Å². The van der Waals surface area contributed by atoms with E-state index < -0.39 is 0 Å². The van der Waals surface area contributed by atoms with Gasteiger partial charge in [0.15, 0.2) is 18.0 Å². The Kier molecular flexibility index (Phi) is 5.35. The predicted octanol–water partition coefficient (Wildman–Crippen LogP) is 9.57. The van der Waals surface area contributed by atoms with E-state index in [2.05, 4.69) is 132 Å². The third-order valence-corrected chi connectivity index (χ3v) is 9.52. The van der Waals surface area contributed by atoms with Crippen LogP contribution in [0, 0.1) is 20.5 Å². The molecule has 3 aliphatic rings. The molecule has 6 aromatic rings. The summed E-state index contributed by atoms with van der Waals surface area (Å²) >= 11 is 0. The zero-order chi connectivity index (χ0) is 29.7. The second-order valence-corrected chi connectivity index (χ2v) is 13.6. The summed E-state index contributed by atoms with van der Waals surface area (Å²) in [6.07, 6.45) is 1.85. The number of hydrogen-bond acceptors (Lipinski definition) is 2. The van der Waals surface area contributed by atoms with Crippen molar-refractivity contribution in [1.82, 2.24) is 18.5 Å². The summed E-state index contributed by atoms with van der Waals surface area (Å²) in [6.45, 7) is 14.7. The average molecular weight is 566 g/mol. The zero-order valence-corrected chi connectivity index (χ0v) is 25.7. The molecule has 1 saturated heterocycles. The second-order valence-electron chi connectivity index (χ2n) is 13.6. The molecular weight excluding hydrogens is 528 g/mol. The van der Waals surface area contributed by atoms with E-state index >= 15 is 0 Å². The Labute approximate surface area is 253 Å². The smallest absolute Gasteiger partial charge is 0.181 e. The molecule has 2 bridgehead atoms. The number of benzene rings is 4. The summed E-state index contributed by atoms with van der Waals surface area (Å²) < 4.78 is 10.6. The van der Waals surface area contributed by atoms with E-state index in [1.165, 1.54) is 44.5 Å². The van der Waals surface area contributed by atoms with E-state index in [0.29, 0.717) is 0 Å². The lowest BCUT2D eigenvalue weighted by Gasteiger charge is -2.55. The monoisotopic (exact) mass is 565 g/mol. The van der Waals surface area contributed by atoms with Gasteiger partial charge in [-0.25, -0.2) is 4.98 Å². The first kappa shape index (κ1) is 26.2. The molecule has 0 radical (unpaired) electrons. The van der Waals surface area contributed by atoms with Gasteiger partial charge in [-0.1, -0.05) is 45.0 Å². The van der Waals surface area contributed by atoms with E-state index in [4.69, 9.17) is 9.72 Å². The van der Waals surface area contributed by atoms with Crippen LogP contribution in [0.2, 0.25) is 0 Å². The van der Waals surface area contributed by atoms with E-state index in [0.717, 1.165) is 44.0 Å². The lowest BCUT2D eigenvalue weighted by molar-refractivity contribution is 0.157. The molecule has 4 aromatic carbocycles. The van der Waals surface area contributed by atoms with Crippen LogP contribution in [0.1, 0.15) is 37.5 Å². The van der Waals surface area contributed by atoms with Gasteiger partial charge in [0.25, 0.3) is 0 Å². The van der Waals surface area contributed by atoms with Gasteiger partial charge in [-0.15, -0.1) is 0 Å². The minimum atomic E-state index is -0.0312. The van der Waals surface area contributed by atoms with E-state index in [1.54, 1.807) is 0 Å². The standard InChI is InChI=1S/C38H37N4O/c1-25-17-35-36(18-26(25)2)42(23-41(35,6)24-42)28-19-27(38(3,4)5)20-30(21-28)43-29-14-15-32-31-11-7-8-12-33(31)40(34(32)22-29)37-13-9-10-16-39-37/h7-23H,24H2,1-6H3/q+1/t41-,42+/m0/s1. The highest BCUT2D eigenvalue weighted by atomic mass is 16.5. The molecule has 1 fully saturated rings. The number of pyridine rings is 1. The van der Waals surface area contributed by atoms with Gasteiger partial charge < -0.3 is 9.22 Å². The zero-order valence-electron chi connectivity index (χ0n) is 25.7. The van der Waals surface area contributed by atoms with E-state index in [-0.39, 0.29) is 5.41 Å². The summed E-state index contributed by atoms with van der Waals surface area (Å²) in [5.74, 6) is 2.57. The van der Waals surface area contributed by atoms with Crippen molar-refractivity contribution in [3.63, 3.8) is 0 Å². The third kappa shape index (κ3) is 3.81. The summed E-state index contributed by atoms with van der Waals surface area (Å²) in [5.41, 5.74) is 10.2. The molecule has 5 heterocycles. The average Bonchev–Trinajstić information content (AvgIpc) is 3.51. The third-order valence-electron chi connectivity index (χ3n) is 9.52. The quantitative estimate of drug-likeness (QED) is 0.157. The van der Waals surface area contributed by atoms with Crippen LogP contribution in [0.25, 0.3) is 27.6 Å². The van der Waals surface area contributed by atoms with Crippen molar-refractivity contribution in [2.45, 2.75) is 40.0 Å². The van der Waals surface area contributed by atoms with Crippen LogP contribution >= 0.6 is 0 Å². The maximum absolute atomic E-state index is 6.76. The lowest BCUT2D eigenvalue weighted by atomic mass is 9.86. The highest BCUT2D eigenvalue weighted by Crippen LogP contribution is 2.61. The largest absolute Gasteiger partial charge is 0.457 e. The minimum absolute atomic E-state index is 0.0312. The number of rotatable bonds is 4. The van der Waals surface area contributed by atoms with Crippen LogP contribution in [0.3, 0.4) is 0 Å². The van der Waals surface area contributed by atoms with Gasteiger partial charge in [0.1, 0.15) is 23.0 Å². The first-order valence-electron chi connectivity index (χ1n) is 15.1. The Bertz CT molecular complexity index is 2080. The van der Waals surface area contributed by atoms with Crippen molar-refractivity contribution in [2.24, 2.45) is 0 Å². The van der Waals surface area contributed by atoms with Crippen molar-refractivity contribution in [1.29, 1.82) is 0 Å². The minimum Gasteiger partial charge on any atom is -0.457 e. The molecule has 0 saturated carbocycles. The molecule has 2 aromatic heterocycles. The molecule has 0 N–H and O–H groups in total. The predicted molar refractivity (Wildman–Crippen MR) is 178 cm³/mol. The maximum Gasteiger partial charge on any atom is 0.181 e. The molecule has 3 aliphatic heterocycles. The Balaban J connectivity index is 1.26. The highest BCUT2D eigenvalue weighted by Gasteiger charge is 2.59. The molecular formula is C38H37N4O+. The molecule has 0 unspecified atom stereocenters. The van der Waals surface area contributed by atoms with Gasteiger partial charge in [-0.05, 0) is 72.4 Å². The van der Waals surface area contributed by atoms with Gasteiger partial charge in [0.2, 0.25) is 0 Å². The Morgan fingerprint density at radius 1 is 0.767 bits per heavy atom. The molecule has 214 valence electrons. The molecule has 0 aliphatic carbocycles. The van der Waals surface area contributed by atoms with Gasteiger partial charge in [-0.3, -0.25) is 9.05 Å².